The molecule has 1 unspecified atom stereocenters. The van der Waals surface area contributed by atoms with Gasteiger partial charge in [-0.15, -0.1) is 0 Å². The van der Waals surface area contributed by atoms with Gasteiger partial charge in [-0.1, -0.05) is 33.3 Å². The minimum atomic E-state index is 0.174. The van der Waals surface area contributed by atoms with Gasteiger partial charge in [-0.05, 0) is 18.4 Å². The van der Waals surface area contributed by atoms with Crippen LogP contribution in [0.2, 0.25) is 0 Å². The van der Waals surface area contributed by atoms with Gasteiger partial charge in [-0.2, -0.15) is 0 Å². The van der Waals surface area contributed by atoms with Crippen molar-refractivity contribution in [1.82, 2.24) is 0 Å². The molecule has 0 aromatic carbocycles. The molecule has 0 aromatic rings. The molecule has 0 bridgehead atoms. The summed E-state index contributed by atoms with van der Waals surface area (Å²) in [4.78, 5) is 10.8. The summed E-state index contributed by atoms with van der Waals surface area (Å²) in [6.07, 6.45) is 5.47. The first-order chi connectivity index (χ1) is 5.20. The molecule has 0 amide bonds. The number of carbonyl (C=O) groups is 1. The second-order valence-electron chi connectivity index (χ2n) is 3.08. The zero-order chi connectivity index (χ0) is 8.69. The van der Waals surface area contributed by atoms with Gasteiger partial charge < -0.3 is 0 Å². The molecule has 0 aliphatic carbocycles. The summed E-state index contributed by atoms with van der Waals surface area (Å²) >= 11 is 0. The zero-order valence-electron chi connectivity index (χ0n) is 7.60. The Balaban J connectivity index is 3.26. The van der Waals surface area contributed by atoms with Crippen LogP contribution in [-0.2, 0) is 4.79 Å². The highest BCUT2D eigenvalue weighted by Crippen LogP contribution is 2.10. The lowest BCUT2D eigenvalue weighted by molar-refractivity contribution is -0.114. The fourth-order valence-electron chi connectivity index (χ4n) is 0.931. The summed E-state index contributed by atoms with van der Waals surface area (Å²) in [5, 5.41) is 0. The van der Waals surface area contributed by atoms with Gasteiger partial charge in [0.25, 0.3) is 0 Å². The van der Waals surface area contributed by atoms with Gasteiger partial charge in [0, 0.05) is 6.42 Å². The Kier molecular flexibility index (Phi) is 5.81. The van der Waals surface area contributed by atoms with E-state index in [4.69, 9.17) is 0 Å². The molecule has 0 aliphatic heterocycles. The first-order valence-corrected chi connectivity index (χ1v) is 4.36. The summed E-state index contributed by atoms with van der Waals surface area (Å²) < 4.78 is 0. The first kappa shape index (κ1) is 10.4. The van der Waals surface area contributed by atoms with Crippen LogP contribution in [0.5, 0.6) is 0 Å². The van der Waals surface area contributed by atoms with Crippen LogP contribution in [0.1, 0.15) is 39.5 Å². The van der Waals surface area contributed by atoms with Gasteiger partial charge in [0.1, 0.15) is 0 Å². The number of rotatable bonds is 6. The van der Waals surface area contributed by atoms with E-state index in [0.717, 1.165) is 18.8 Å². The second-order valence-corrected chi connectivity index (χ2v) is 3.08. The van der Waals surface area contributed by atoms with E-state index in [1.165, 1.54) is 12.5 Å². The van der Waals surface area contributed by atoms with Crippen LogP contribution in [-0.4, -0.2) is 5.78 Å². The molecular formula is C10H18O. The van der Waals surface area contributed by atoms with Crippen molar-refractivity contribution in [2.45, 2.75) is 39.5 Å². The average Bonchev–Trinajstić information content (AvgIpc) is 2.04. The molecule has 1 atom stereocenters. The van der Waals surface area contributed by atoms with E-state index in [1.54, 1.807) is 0 Å². The number of ketones is 1. The molecule has 64 valence electrons. The predicted octanol–water partition coefficient (Wildman–Crippen LogP) is 2.96. The van der Waals surface area contributed by atoms with Crippen LogP contribution in [0.4, 0.5) is 0 Å². The van der Waals surface area contributed by atoms with Crippen LogP contribution < -0.4 is 0 Å². The molecule has 0 saturated carbocycles. The molecule has 1 heteroatoms. The minimum Gasteiger partial charge on any atom is -0.295 e. The molecule has 0 N–H and O–H groups in total. The minimum absolute atomic E-state index is 0.174. The molecule has 0 aliphatic rings. The lowest BCUT2D eigenvalue weighted by Gasteiger charge is -2.05. The van der Waals surface area contributed by atoms with Crippen molar-refractivity contribution in [3.8, 4) is 0 Å². The maximum Gasteiger partial charge on any atom is 0.155 e. The standard InChI is InChI=1S/C10H18O/c1-4-9(3)7-6-8-10(11)5-2/h5,9H,2,4,6-8H2,1,3H3. The van der Waals surface area contributed by atoms with E-state index in [9.17, 15) is 4.79 Å². The SMILES string of the molecule is C=CC(=O)CCCC(C)CC. The Morgan fingerprint density at radius 3 is 2.73 bits per heavy atom. The third kappa shape index (κ3) is 5.84. The Hall–Kier alpha value is -0.590. The molecule has 11 heavy (non-hydrogen) atoms. The summed E-state index contributed by atoms with van der Waals surface area (Å²) in [6, 6.07) is 0. The van der Waals surface area contributed by atoms with Crippen LogP contribution >= 0.6 is 0 Å². The second kappa shape index (κ2) is 6.14. The van der Waals surface area contributed by atoms with Crippen molar-refractivity contribution in [3.05, 3.63) is 12.7 Å². The molecule has 1 nitrogen and oxygen atoms in total. The van der Waals surface area contributed by atoms with Crippen molar-refractivity contribution in [1.29, 1.82) is 0 Å². The van der Waals surface area contributed by atoms with Crippen LogP contribution in [0, 0.1) is 5.92 Å². The van der Waals surface area contributed by atoms with Gasteiger partial charge in [0.2, 0.25) is 0 Å². The fourth-order valence-corrected chi connectivity index (χ4v) is 0.931. The van der Waals surface area contributed by atoms with Crippen molar-refractivity contribution in [3.63, 3.8) is 0 Å². The molecule has 0 rings (SSSR count). The molecular weight excluding hydrogens is 136 g/mol. The molecule has 0 radical (unpaired) electrons. The fraction of sp³-hybridized carbons (Fsp3) is 0.700. The van der Waals surface area contributed by atoms with Crippen molar-refractivity contribution in [2.24, 2.45) is 5.92 Å². The summed E-state index contributed by atoms with van der Waals surface area (Å²) in [7, 11) is 0. The summed E-state index contributed by atoms with van der Waals surface area (Å²) in [5.74, 6) is 0.931. The highest BCUT2D eigenvalue weighted by molar-refractivity contribution is 5.88. The van der Waals surface area contributed by atoms with Crippen LogP contribution in [0.25, 0.3) is 0 Å². The van der Waals surface area contributed by atoms with Gasteiger partial charge in [-0.3, -0.25) is 4.79 Å². The van der Waals surface area contributed by atoms with E-state index in [0.29, 0.717) is 6.42 Å². The number of hydrogen-bond donors (Lipinski definition) is 0. The molecule has 0 heterocycles. The molecule has 0 aromatic heterocycles. The maximum absolute atomic E-state index is 10.8. The highest BCUT2D eigenvalue weighted by atomic mass is 16.1. The van der Waals surface area contributed by atoms with E-state index < -0.39 is 0 Å². The normalized spacial score (nSPS) is 12.5. The smallest absolute Gasteiger partial charge is 0.155 e. The topological polar surface area (TPSA) is 17.1 Å². The van der Waals surface area contributed by atoms with Crippen LogP contribution in [0.15, 0.2) is 12.7 Å². The lowest BCUT2D eigenvalue weighted by atomic mass is 10.0. The van der Waals surface area contributed by atoms with Gasteiger partial charge in [-0.25, -0.2) is 0 Å². The number of carbonyl (C=O) groups excluding carboxylic acids is 1. The van der Waals surface area contributed by atoms with E-state index >= 15 is 0 Å². The zero-order valence-corrected chi connectivity index (χ0v) is 7.60. The van der Waals surface area contributed by atoms with Crippen molar-refractivity contribution < 1.29 is 4.79 Å². The first-order valence-electron chi connectivity index (χ1n) is 4.36. The van der Waals surface area contributed by atoms with E-state index in [2.05, 4.69) is 20.4 Å². The Morgan fingerprint density at radius 2 is 2.27 bits per heavy atom. The van der Waals surface area contributed by atoms with E-state index in [-0.39, 0.29) is 5.78 Å². The number of allylic oxidation sites excluding steroid dienone is 1. The molecule has 0 fully saturated rings. The quantitative estimate of drug-likeness (QED) is 0.537. The highest BCUT2D eigenvalue weighted by Gasteiger charge is 2.00. The molecule has 0 saturated heterocycles. The third-order valence-corrected chi connectivity index (χ3v) is 2.04. The van der Waals surface area contributed by atoms with Crippen LogP contribution in [0.3, 0.4) is 0 Å². The Labute approximate surface area is 69.5 Å². The largest absolute Gasteiger partial charge is 0.295 e. The average molecular weight is 154 g/mol. The monoisotopic (exact) mass is 154 g/mol. The van der Waals surface area contributed by atoms with Crippen molar-refractivity contribution in [2.75, 3.05) is 0 Å². The van der Waals surface area contributed by atoms with Crippen molar-refractivity contribution >= 4 is 5.78 Å². The summed E-state index contributed by atoms with van der Waals surface area (Å²) in [6.45, 7) is 7.83. The summed E-state index contributed by atoms with van der Waals surface area (Å²) in [5.41, 5.74) is 0. The Bertz CT molecular complexity index is 127. The van der Waals surface area contributed by atoms with Gasteiger partial charge in [0.15, 0.2) is 5.78 Å². The van der Waals surface area contributed by atoms with E-state index in [1.807, 2.05) is 0 Å². The maximum atomic E-state index is 10.8. The number of hydrogen-bond acceptors (Lipinski definition) is 1. The molecule has 0 spiro atoms. The lowest BCUT2D eigenvalue weighted by Crippen LogP contribution is -1.96. The van der Waals surface area contributed by atoms with Gasteiger partial charge >= 0.3 is 0 Å². The van der Waals surface area contributed by atoms with Gasteiger partial charge in [0.05, 0.1) is 0 Å². The Morgan fingerprint density at radius 1 is 1.64 bits per heavy atom. The third-order valence-electron chi connectivity index (χ3n) is 2.04. The predicted molar refractivity (Wildman–Crippen MR) is 48.5 cm³/mol.